The number of nitrogens with zero attached hydrogens (tertiary/aromatic N) is 1. The van der Waals surface area contributed by atoms with Crippen LogP contribution in [-0.4, -0.2) is 10.9 Å². The number of hydrogen-bond acceptors (Lipinski definition) is 2. The summed E-state index contributed by atoms with van der Waals surface area (Å²) in [5.74, 6) is 0.241. The van der Waals surface area contributed by atoms with Gasteiger partial charge in [0.1, 0.15) is 4.60 Å². The number of hydrogen-bond donors (Lipinski definition) is 1. The molecule has 2 rings (SSSR count). The first-order chi connectivity index (χ1) is 8.40. The maximum Gasteiger partial charge on any atom is 0.228 e. The van der Waals surface area contributed by atoms with E-state index >= 15 is 0 Å². The van der Waals surface area contributed by atoms with Crippen LogP contribution < -0.4 is 5.32 Å². The van der Waals surface area contributed by atoms with E-state index in [2.05, 4.69) is 40.1 Å². The molecule has 0 radical (unpaired) electrons. The Balaban J connectivity index is 2.12. The third kappa shape index (κ3) is 2.74. The number of aromatic nitrogens is 1. The maximum absolute atomic E-state index is 12.3. The topological polar surface area (TPSA) is 42.0 Å². The summed E-state index contributed by atoms with van der Waals surface area (Å²) in [6.45, 7) is 6.26. The lowest BCUT2D eigenvalue weighted by atomic mass is 9.81. The number of nitrogens with one attached hydrogen (secondary N) is 1. The van der Waals surface area contributed by atoms with Gasteiger partial charge in [0, 0.05) is 5.92 Å². The van der Waals surface area contributed by atoms with E-state index in [1.54, 1.807) is 0 Å². The van der Waals surface area contributed by atoms with Gasteiger partial charge >= 0.3 is 0 Å². The van der Waals surface area contributed by atoms with E-state index in [-0.39, 0.29) is 17.2 Å². The number of carbonyl (C=O) groups is 1. The van der Waals surface area contributed by atoms with Crippen LogP contribution in [0, 0.1) is 18.3 Å². The first-order valence-electron chi connectivity index (χ1n) is 6.34. The highest BCUT2D eigenvalue weighted by Crippen LogP contribution is 2.43. The second kappa shape index (κ2) is 5.00. The average molecular weight is 311 g/mol. The lowest BCUT2D eigenvalue weighted by Crippen LogP contribution is -2.31. The fourth-order valence-corrected chi connectivity index (χ4v) is 3.09. The van der Waals surface area contributed by atoms with Crippen LogP contribution in [0.15, 0.2) is 16.7 Å². The number of carbonyl (C=O) groups excluding carboxylic acids is 1. The number of halogens is 1. The molecule has 1 saturated carbocycles. The molecule has 1 aliphatic carbocycles. The van der Waals surface area contributed by atoms with Crippen LogP contribution in [0.2, 0.25) is 0 Å². The van der Waals surface area contributed by atoms with E-state index in [0.717, 1.165) is 35.2 Å². The highest BCUT2D eigenvalue weighted by Gasteiger charge is 2.39. The molecule has 1 amide bonds. The van der Waals surface area contributed by atoms with Crippen LogP contribution in [0.3, 0.4) is 0 Å². The van der Waals surface area contributed by atoms with Crippen molar-refractivity contribution < 1.29 is 4.79 Å². The van der Waals surface area contributed by atoms with Gasteiger partial charge in [0.05, 0.1) is 11.4 Å². The predicted octanol–water partition coefficient (Wildman–Crippen LogP) is 3.92. The quantitative estimate of drug-likeness (QED) is 0.841. The Labute approximate surface area is 117 Å². The molecule has 18 heavy (non-hydrogen) atoms. The molecule has 1 aromatic heterocycles. The largest absolute Gasteiger partial charge is 0.324 e. The smallest absolute Gasteiger partial charge is 0.228 e. The van der Waals surface area contributed by atoms with Crippen LogP contribution in [0.4, 0.5) is 5.69 Å². The summed E-state index contributed by atoms with van der Waals surface area (Å²) < 4.78 is 0.791. The van der Waals surface area contributed by atoms with Gasteiger partial charge in [0.2, 0.25) is 5.91 Å². The molecule has 0 aliphatic heterocycles. The lowest BCUT2D eigenvalue weighted by Gasteiger charge is -2.26. The maximum atomic E-state index is 12.3. The highest BCUT2D eigenvalue weighted by atomic mass is 79.9. The van der Waals surface area contributed by atoms with Gasteiger partial charge in [-0.2, -0.15) is 0 Å². The second-order valence-corrected chi connectivity index (χ2v) is 6.50. The number of aryl methyl sites for hydroxylation is 1. The minimum Gasteiger partial charge on any atom is -0.324 e. The molecule has 1 aromatic rings. The number of pyridine rings is 1. The molecule has 1 aliphatic rings. The molecule has 0 saturated heterocycles. The van der Waals surface area contributed by atoms with Crippen molar-refractivity contribution in [3.05, 3.63) is 22.4 Å². The molecule has 98 valence electrons. The average Bonchev–Trinajstić information content (AvgIpc) is 2.62. The highest BCUT2D eigenvalue weighted by molar-refractivity contribution is 9.10. The van der Waals surface area contributed by atoms with Crippen LogP contribution in [-0.2, 0) is 4.79 Å². The minimum atomic E-state index is 0.112. The van der Waals surface area contributed by atoms with E-state index in [1.165, 1.54) is 0 Å². The van der Waals surface area contributed by atoms with Crippen molar-refractivity contribution in [3.8, 4) is 0 Å². The van der Waals surface area contributed by atoms with Gasteiger partial charge in [-0.25, -0.2) is 4.98 Å². The molecule has 1 atom stereocenters. The molecular weight excluding hydrogens is 292 g/mol. The fourth-order valence-electron chi connectivity index (χ4n) is 2.70. The Bertz CT molecular complexity index is 471. The number of anilines is 1. The van der Waals surface area contributed by atoms with Gasteiger partial charge in [-0.15, -0.1) is 0 Å². The van der Waals surface area contributed by atoms with Crippen molar-refractivity contribution >= 4 is 27.5 Å². The Morgan fingerprint density at radius 3 is 2.78 bits per heavy atom. The zero-order chi connectivity index (χ0) is 13.3. The van der Waals surface area contributed by atoms with Crippen LogP contribution in [0.5, 0.6) is 0 Å². The summed E-state index contributed by atoms with van der Waals surface area (Å²) in [5.41, 5.74) is 1.76. The van der Waals surface area contributed by atoms with E-state index < -0.39 is 0 Å². The normalized spacial score (nSPS) is 21.9. The molecule has 3 nitrogen and oxygen atoms in total. The van der Waals surface area contributed by atoms with Gasteiger partial charge in [-0.1, -0.05) is 20.3 Å². The van der Waals surface area contributed by atoms with Crippen molar-refractivity contribution in [3.63, 3.8) is 0 Å². The molecule has 1 heterocycles. The fraction of sp³-hybridized carbons (Fsp3) is 0.571. The number of rotatable bonds is 2. The Hall–Kier alpha value is -0.900. The van der Waals surface area contributed by atoms with E-state index in [1.807, 2.05) is 19.1 Å². The Morgan fingerprint density at radius 1 is 1.50 bits per heavy atom. The summed E-state index contributed by atoms with van der Waals surface area (Å²) in [7, 11) is 0. The summed E-state index contributed by atoms with van der Waals surface area (Å²) in [5, 5.41) is 3.01. The van der Waals surface area contributed by atoms with Crippen LogP contribution in [0.1, 0.15) is 38.8 Å². The standard InChI is InChI=1S/C14H19BrN2O/c1-9-11(6-7-12(15)16-9)17-13(18)10-5-4-8-14(10,2)3/h6-7,10H,4-5,8H2,1-3H3,(H,17,18). The van der Waals surface area contributed by atoms with Crippen LogP contribution in [0.25, 0.3) is 0 Å². The summed E-state index contributed by atoms with van der Waals surface area (Å²) in [6, 6.07) is 3.74. The Morgan fingerprint density at radius 2 is 2.22 bits per heavy atom. The van der Waals surface area contributed by atoms with Crippen molar-refractivity contribution in [2.24, 2.45) is 11.3 Å². The third-order valence-corrected chi connectivity index (χ3v) is 4.33. The van der Waals surface area contributed by atoms with E-state index in [0.29, 0.717) is 0 Å². The molecule has 1 fully saturated rings. The zero-order valence-corrected chi connectivity index (χ0v) is 12.7. The van der Waals surface area contributed by atoms with Crippen molar-refractivity contribution in [2.45, 2.75) is 40.0 Å². The first kappa shape index (κ1) is 13.5. The van der Waals surface area contributed by atoms with Gasteiger partial charge < -0.3 is 5.32 Å². The molecule has 1 N–H and O–H groups in total. The second-order valence-electron chi connectivity index (χ2n) is 5.69. The van der Waals surface area contributed by atoms with Crippen molar-refractivity contribution in [1.82, 2.24) is 4.98 Å². The predicted molar refractivity (Wildman–Crippen MR) is 76.4 cm³/mol. The molecule has 0 bridgehead atoms. The van der Waals surface area contributed by atoms with Gasteiger partial charge in [-0.3, -0.25) is 4.79 Å². The lowest BCUT2D eigenvalue weighted by molar-refractivity contribution is -0.122. The van der Waals surface area contributed by atoms with Crippen molar-refractivity contribution in [2.75, 3.05) is 5.32 Å². The third-order valence-electron chi connectivity index (χ3n) is 3.88. The summed E-state index contributed by atoms with van der Waals surface area (Å²) in [6.07, 6.45) is 3.26. The van der Waals surface area contributed by atoms with E-state index in [9.17, 15) is 4.79 Å². The molecule has 4 heteroatoms. The monoisotopic (exact) mass is 310 g/mol. The SMILES string of the molecule is Cc1nc(Br)ccc1NC(=O)C1CCCC1(C)C. The molecule has 0 spiro atoms. The molecule has 1 unspecified atom stereocenters. The molecule has 0 aromatic carbocycles. The van der Waals surface area contributed by atoms with Crippen molar-refractivity contribution in [1.29, 1.82) is 0 Å². The summed E-state index contributed by atoms with van der Waals surface area (Å²) in [4.78, 5) is 16.6. The number of amides is 1. The van der Waals surface area contributed by atoms with E-state index in [4.69, 9.17) is 0 Å². The van der Waals surface area contributed by atoms with Gasteiger partial charge in [-0.05, 0) is 53.2 Å². The van der Waals surface area contributed by atoms with Gasteiger partial charge in [0.15, 0.2) is 0 Å². The first-order valence-corrected chi connectivity index (χ1v) is 7.13. The van der Waals surface area contributed by atoms with Gasteiger partial charge in [0.25, 0.3) is 0 Å². The minimum absolute atomic E-state index is 0.112. The molecular formula is C14H19BrN2O. The zero-order valence-electron chi connectivity index (χ0n) is 11.1. The Kier molecular flexibility index (Phi) is 3.76. The van der Waals surface area contributed by atoms with Crippen LogP contribution >= 0.6 is 15.9 Å². The summed E-state index contributed by atoms with van der Waals surface area (Å²) >= 11 is 3.32.